The Bertz CT molecular complexity index is 585. The molecular formula is C11H13N2O2S+. The van der Waals surface area contributed by atoms with E-state index in [-0.39, 0.29) is 0 Å². The van der Waals surface area contributed by atoms with E-state index in [9.17, 15) is 10.1 Å². The third-order valence-corrected chi connectivity index (χ3v) is 3.64. The Balaban J connectivity index is 2.87. The molecule has 2 heterocycles. The second-order valence-corrected chi connectivity index (χ2v) is 4.64. The SMILES string of the molecule is Cc1c(C)[n+](=O)c(-c2cccs2)c(C)n1O. The molecular weight excluding hydrogens is 224 g/mol. The van der Waals surface area contributed by atoms with Crippen LogP contribution in [0.1, 0.15) is 17.1 Å². The van der Waals surface area contributed by atoms with Crippen LogP contribution in [0.5, 0.6) is 0 Å². The van der Waals surface area contributed by atoms with Crippen LogP contribution in [0.3, 0.4) is 0 Å². The minimum atomic E-state index is 0.511. The van der Waals surface area contributed by atoms with Crippen molar-refractivity contribution in [2.45, 2.75) is 20.8 Å². The first-order chi connectivity index (χ1) is 7.54. The zero-order valence-corrected chi connectivity index (χ0v) is 10.2. The van der Waals surface area contributed by atoms with Crippen molar-refractivity contribution in [3.05, 3.63) is 39.5 Å². The van der Waals surface area contributed by atoms with Crippen LogP contribution in [0.2, 0.25) is 0 Å². The molecule has 4 nitrogen and oxygen atoms in total. The van der Waals surface area contributed by atoms with Crippen LogP contribution in [0.4, 0.5) is 0 Å². The maximum absolute atomic E-state index is 12.1. The van der Waals surface area contributed by atoms with E-state index >= 15 is 0 Å². The summed E-state index contributed by atoms with van der Waals surface area (Å²) >= 11 is 1.48. The summed E-state index contributed by atoms with van der Waals surface area (Å²) < 4.78 is 1.95. The molecule has 2 rings (SSSR count). The van der Waals surface area contributed by atoms with Gasteiger partial charge in [0.05, 0.1) is 4.43 Å². The molecule has 0 aliphatic carbocycles. The lowest BCUT2D eigenvalue weighted by molar-refractivity contribution is -0.492. The predicted octanol–water partition coefficient (Wildman–Crippen LogP) is 2.29. The summed E-state index contributed by atoms with van der Waals surface area (Å²) in [5, 5.41) is 11.8. The first-order valence-corrected chi connectivity index (χ1v) is 5.80. The quantitative estimate of drug-likeness (QED) is 0.611. The molecule has 0 saturated heterocycles. The number of rotatable bonds is 1. The largest absolute Gasteiger partial charge is 0.428 e. The van der Waals surface area contributed by atoms with Crippen LogP contribution < -0.4 is 4.43 Å². The van der Waals surface area contributed by atoms with Gasteiger partial charge >= 0.3 is 5.69 Å². The molecule has 2 aromatic heterocycles. The Morgan fingerprint density at radius 2 is 2.00 bits per heavy atom. The monoisotopic (exact) mass is 237 g/mol. The van der Waals surface area contributed by atoms with Gasteiger partial charge < -0.3 is 5.21 Å². The van der Waals surface area contributed by atoms with Crippen molar-refractivity contribution in [1.29, 1.82) is 0 Å². The van der Waals surface area contributed by atoms with Crippen molar-refractivity contribution < 1.29 is 9.63 Å². The highest BCUT2D eigenvalue weighted by atomic mass is 32.1. The van der Waals surface area contributed by atoms with Gasteiger partial charge in [-0.25, -0.2) is 0 Å². The van der Waals surface area contributed by atoms with E-state index in [2.05, 4.69) is 0 Å². The topological polar surface area (TPSA) is 48.1 Å². The molecule has 5 heteroatoms. The van der Waals surface area contributed by atoms with Gasteiger partial charge in [-0.05, 0) is 25.3 Å². The molecule has 0 fully saturated rings. The Morgan fingerprint density at radius 1 is 1.31 bits per heavy atom. The van der Waals surface area contributed by atoms with Crippen molar-refractivity contribution in [2.75, 3.05) is 0 Å². The normalized spacial score (nSPS) is 10.7. The van der Waals surface area contributed by atoms with Crippen LogP contribution in [0.25, 0.3) is 10.6 Å². The fourth-order valence-corrected chi connectivity index (χ4v) is 2.46. The number of nitrogens with zero attached hydrogens (tertiary/aromatic N) is 2. The fourth-order valence-electron chi connectivity index (χ4n) is 1.66. The van der Waals surface area contributed by atoms with Gasteiger partial charge in [0.2, 0.25) is 0 Å². The van der Waals surface area contributed by atoms with Crippen LogP contribution in [-0.4, -0.2) is 9.94 Å². The summed E-state index contributed by atoms with van der Waals surface area (Å²) in [5.41, 5.74) is 2.14. The molecule has 0 aliphatic rings. The zero-order valence-electron chi connectivity index (χ0n) is 9.39. The van der Waals surface area contributed by atoms with Crippen molar-refractivity contribution in [1.82, 2.24) is 4.73 Å². The standard InChI is InChI=1S/C11H13N2O2S/c1-7-8(2)13(15)11(9(3)12(7)14)10-5-4-6-16-10/h4-6,14H,1-3H3/q+1. The minimum Gasteiger partial charge on any atom is -0.428 e. The molecule has 0 radical (unpaired) electrons. The number of thiophene rings is 1. The van der Waals surface area contributed by atoms with Gasteiger partial charge in [0.15, 0.2) is 0 Å². The van der Waals surface area contributed by atoms with Crippen molar-refractivity contribution >= 4 is 11.3 Å². The lowest BCUT2D eigenvalue weighted by Gasteiger charge is -2.06. The van der Waals surface area contributed by atoms with E-state index in [4.69, 9.17) is 0 Å². The smallest absolute Gasteiger partial charge is 0.302 e. The maximum atomic E-state index is 12.1. The second-order valence-electron chi connectivity index (χ2n) is 3.69. The molecule has 1 N–H and O–H groups in total. The van der Waals surface area contributed by atoms with Gasteiger partial charge in [-0.1, -0.05) is 6.07 Å². The van der Waals surface area contributed by atoms with E-state index in [0.29, 0.717) is 22.8 Å². The van der Waals surface area contributed by atoms with E-state index in [1.807, 2.05) is 17.5 Å². The number of hydrogen-bond acceptors (Lipinski definition) is 3. The Kier molecular flexibility index (Phi) is 2.55. The average Bonchev–Trinajstić information content (AvgIpc) is 2.77. The van der Waals surface area contributed by atoms with Gasteiger partial charge in [0, 0.05) is 11.8 Å². The minimum absolute atomic E-state index is 0.511. The van der Waals surface area contributed by atoms with Crippen LogP contribution in [-0.2, 0) is 0 Å². The van der Waals surface area contributed by atoms with Crippen LogP contribution in [0, 0.1) is 25.7 Å². The lowest BCUT2D eigenvalue weighted by atomic mass is 10.2. The molecule has 0 aliphatic heterocycles. The number of hydrogen-bond donors (Lipinski definition) is 1. The molecule has 0 atom stereocenters. The van der Waals surface area contributed by atoms with E-state index in [0.717, 1.165) is 14.0 Å². The van der Waals surface area contributed by atoms with Gasteiger partial charge in [-0.2, -0.15) is 4.73 Å². The average molecular weight is 237 g/mol. The fraction of sp³-hybridized carbons (Fsp3) is 0.273. The highest BCUT2D eigenvalue weighted by Crippen LogP contribution is 2.24. The highest BCUT2D eigenvalue weighted by Gasteiger charge is 2.24. The van der Waals surface area contributed by atoms with E-state index in [1.165, 1.54) is 11.3 Å². The Morgan fingerprint density at radius 3 is 2.56 bits per heavy atom. The maximum Gasteiger partial charge on any atom is 0.302 e. The van der Waals surface area contributed by atoms with Crippen molar-refractivity contribution in [3.8, 4) is 10.6 Å². The van der Waals surface area contributed by atoms with Gasteiger partial charge in [0.25, 0.3) is 5.69 Å². The molecule has 0 aromatic carbocycles. The first-order valence-electron chi connectivity index (χ1n) is 4.92. The second kappa shape index (κ2) is 3.75. The third kappa shape index (κ3) is 1.44. The summed E-state index contributed by atoms with van der Waals surface area (Å²) in [6, 6.07) is 3.76. The molecule has 0 unspecified atom stereocenters. The molecule has 2 aromatic rings. The van der Waals surface area contributed by atoms with Crippen molar-refractivity contribution in [2.24, 2.45) is 0 Å². The Labute approximate surface area is 97.0 Å². The summed E-state index contributed by atoms with van der Waals surface area (Å²) in [4.78, 5) is 12.9. The van der Waals surface area contributed by atoms with Crippen molar-refractivity contribution in [3.63, 3.8) is 0 Å². The molecule has 16 heavy (non-hydrogen) atoms. The predicted molar refractivity (Wildman–Crippen MR) is 62.5 cm³/mol. The third-order valence-electron chi connectivity index (χ3n) is 2.76. The highest BCUT2D eigenvalue weighted by molar-refractivity contribution is 7.13. The van der Waals surface area contributed by atoms with Crippen LogP contribution >= 0.6 is 11.3 Å². The molecule has 0 amide bonds. The lowest BCUT2D eigenvalue weighted by Crippen LogP contribution is -2.28. The van der Waals surface area contributed by atoms with Crippen LogP contribution in [0.15, 0.2) is 17.5 Å². The molecule has 84 valence electrons. The molecule has 0 bridgehead atoms. The first kappa shape index (κ1) is 10.9. The van der Waals surface area contributed by atoms with Gasteiger partial charge in [0.1, 0.15) is 16.3 Å². The molecule has 0 spiro atoms. The summed E-state index contributed by atoms with van der Waals surface area (Å²) in [6.07, 6.45) is 0. The zero-order chi connectivity index (χ0) is 11.9. The van der Waals surface area contributed by atoms with Gasteiger partial charge in [-0.3, -0.25) is 0 Å². The van der Waals surface area contributed by atoms with E-state index < -0.39 is 0 Å². The summed E-state index contributed by atoms with van der Waals surface area (Å²) in [7, 11) is 0. The molecule has 0 saturated carbocycles. The number of aromatic nitrogens is 2. The summed E-state index contributed by atoms with van der Waals surface area (Å²) in [5.74, 6) is 0. The van der Waals surface area contributed by atoms with Gasteiger partial charge in [-0.15, -0.1) is 11.3 Å². The summed E-state index contributed by atoms with van der Waals surface area (Å²) in [6.45, 7) is 5.15. The Hall–Kier alpha value is -1.62. The van der Waals surface area contributed by atoms with E-state index in [1.54, 1.807) is 20.8 Å².